The minimum absolute atomic E-state index is 0.0804. The van der Waals surface area contributed by atoms with Gasteiger partial charge in [0.1, 0.15) is 0 Å². The van der Waals surface area contributed by atoms with Crippen molar-refractivity contribution >= 4 is 5.91 Å². The predicted molar refractivity (Wildman–Crippen MR) is 76.8 cm³/mol. The molecule has 3 rings (SSSR count). The van der Waals surface area contributed by atoms with E-state index in [2.05, 4.69) is 24.5 Å². The van der Waals surface area contributed by atoms with E-state index in [-0.39, 0.29) is 11.9 Å². The van der Waals surface area contributed by atoms with Crippen LogP contribution in [0.4, 0.5) is 0 Å². The Kier molecular flexibility index (Phi) is 3.59. The first-order chi connectivity index (χ1) is 9.03. The van der Waals surface area contributed by atoms with Gasteiger partial charge in [0.25, 0.3) is 0 Å². The Morgan fingerprint density at radius 1 is 1.21 bits per heavy atom. The minimum atomic E-state index is 0.0804. The number of nitrogens with one attached hydrogen (secondary N) is 2. The molecule has 3 nitrogen and oxygen atoms in total. The molecule has 3 fully saturated rings. The second-order valence-electron chi connectivity index (χ2n) is 7.72. The lowest BCUT2D eigenvalue weighted by Crippen LogP contribution is -2.46. The maximum absolute atomic E-state index is 12.4. The molecule has 2 aliphatic carbocycles. The van der Waals surface area contributed by atoms with E-state index >= 15 is 0 Å². The number of fused-ring (bicyclic) bond motifs is 1. The fraction of sp³-hybridized carbons (Fsp3) is 0.938. The first-order valence-corrected chi connectivity index (χ1v) is 8.10. The number of amides is 1. The Hall–Kier alpha value is -0.570. The molecule has 0 aromatic rings. The number of hydrogen-bond acceptors (Lipinski definition) is 2. The molecule has 3 aliphatic rings. The maximum atomic E-state index is 12.4. The summed E-state index contributed by atoms with van der Waals surface area (Å²) in [6.45, 7) is 4.61. The van der Waals surface area contributed by atoms with Crippen LogP contribution in [0, 0.1) is 11.3 Å². The van der Waals surface area contributed by atoms with E-state index in [1.165, 1.54) is 32.1 Å². The summed E-state index contributed by atoms with van der Waals surface area (Å²) in [7, 11) is 0. The average molecular weight is 264 g/mol. The molecule has 1 amide bonds. The summed E-state index contributed by atoms with van der Waals surface area (Å²) >= 11 is 0. The van der Waals surface area contributed by atoms with E-state index in [9.17, 15) is 4.79 Å². The summed E-state index contributed by atoms with van der Waals surface area (Å²) < 4.78 is 0. The molecule has 108 valence electrons. The normalized spacial score (nSPS) is 40.9. The highest BCUT2D eigenvalue weighted by Gasteiger charge is 2.39. The van der Waals surface area contributed by atoms with Crippen LogP contribution in [0.3, 0.4) is 0 Å². The molecule has 1 heterocycles. The fourth-order valence-electron chi connectivity index (χ4n) is 4.38. The zero-order valence-electron chi connectivity index (χ0n) is 12.4. The zero-order valence-corrected chi connectivity index (χ0v) is 12.4. The quantitative estimate of drug-likeness (QED) is 0.805. The molecule has 0 bridgehead atoms. The lowest BCUT2D eigenvalue weighted by Gasteiger charge is -2.24. The summed E-state index contributed by atoms with van der Waals surface area (Å²) in [6.07, 6.45) is 9.86. The van der Waals surface area contributed by atoms with Gasteiger partial charge >= 0.3 is 0 Å². The molecule has 1 saturated heterocycles. The van der Waals surface area contributed by atoms with Crippen molar-refractivity contribution in [1.82, 2.24) is 10.6 Å². The molecular weight excluding hydrogens is 236 g/mol. The Morgan fingerprint density at radius 2 is 2.00 bits per heavy atom. The second-order valence-corrected chi connectivity index (χ2v) is 7.72. The van der Waals surface area contributed by atoms with Gasteiger partial charge in [-0.25, -0.2) is 0 Å². The van der Waals surface area contributed by atoms with Gasteiger partial charge in [-0.3, -0.25) is 4.79 Å². The van der Waals surface area contributed by atoms with Crippen molar-refractivity contribution in [2.75, 3.05) is 0 Å². The molecule has 2 N–H and O–H groups in total. The molecular formula is C16H28N2O. The van der Waals surface area contributed by atoms with Gasteiger partial charge in [-0.1, -0.05) is 26.7 Å². The monoisotopic (exact) mass is 264 g/mol. The first-order valence-electron chi connectivity index (χ1n) is 8.10. The number of carbonyl (C=O) groups is 1. The SMILES string of the molecule is CC1(C)CCC(NC(=O)C2CC3CCCCC3N2)C1. The number of carbonyl (C=O) groups excluding carboxylic acids is 1. The largest absolute Gasteiger partial charge is 0.352 e. The van der Waals surface area contributed by atoms with Gasteiger partial charge in [0, 0.05) is 12.1 Å². The molecule has 0 aromatic carbocycles. The van der Waals surface area contributed by atoms with Crippen molar-refractivity contribution < 1.29 is 4.79 Å². The summed E-state index contributed by atoms with van der Waals surface area (Å²) in [5.41, 5.74) is 0.412. The Morgan fingerprint density at radius 3 is 2.68 bits per heavy atom. The highest BCUT2D eigenvalue weighted by atomic mass is 16.2. The third-order valence-electron chi connectivity index (χ3n) is 5.49. The zero-order chi connectivity index (χ0) is 13.5. The van der Waals surface area contributed by atoms with Crippen LogP contribution in [0.25, 0.3) is 0 Å². The van der Waals surface area contributed by atoms with Crippen molar-refractivity contribution in [2.45, 2.75) is 83.3 Å². The van der Waals surface area contributed by atoms with Gasteiger partial charge in [-0.15, -0.1) is 0 Å². The van der Waals surface area contributed by atoms with E-state index in [1.54, 1.807) is 0 Å². The average Bonchev–Trinajstić information content (AvgIpc) is 2.92. The van der Waals surface area contributed by atoms with Crippen molar-refractivity contribution in [1.29, 1.82) is 0 Å². The molecule has 1 aliphatic heterocycles. The minimum Gasteiger partial charge on any atom is -0.352 e. The van der Waals surface area contributed by atoms with Gasteiger partial charge in [-0.05, 0) is 49.9 Å². The third-order valence-corrected chi connectivity index (χ3v) is 5.49. The van der Waals surface area contributed by atoms with Gasteiger partial charge in [0.2, 0.25) is 5.91 Å². The maximum Gasteiger partial charge on any atom is 0.237 e. The van der Waals surface area contributed by atoms with Crippen LogP contribution < -0.4 is 10.6 Å². The molecule has 0 radical (unpaired) electrons. The molecule has 2 saturated carbocycles. The topological polar surface area (TPSA) is 41.1 Å². The predicted octanol–water partition coefficient (Wildman–Crippen LogP) is 2.60. The van der Waals surface area contributed by atoms with E-state index in [4.69, 9.17) is 0 Å². The van der Waals surface area contributed by atoms with Crippen LogP contribution in [0.15, 0.2) is 0 Å². The highest BCUT2D eigenvalue weighted by Crippen LogP contribution is 2.37. The molecule has 0 aromatic heterocycles. The van der Waals surface area contributed by atoms with Gasteiger partial charge in [0.15, 0.2) is 0 Å². The van der Waals surface area contributed by atoms with Crippen molar-refractivity contribution in [3.8, 4) is 0 Å². The standard InChI is InChI=1S/C16H28N2O/c1-16(2)8-7-12(10-16)17-15(19)14-9-11-5-3-4-6-13(11)18-14/h11-14,18H,3-10H2,1-2H3,(H,17,19). The number of hydrogen-bond donors (Lipinski definition) is 2. The van der Waals surface area contributed by atoms with E-state index in [1.807, 2.05) is 0 Å². The molecule has 3 heteroatoms. The summed E-state index contributed by atoms with van der Waals surface area (Å²) in [4.78, 5) is 12.4. The van der Waals surface area contributed by atoms with Crippen molar-refractivity contribution in [3.05, 3.63) is 0 Å². The van der Waals surface area contributed by atoms with Crippen LogP contribution in [0.5, 0.6) is 0 Å². The van der Waals surface area contributed by atoms with Crippen molar-refractivity contribution in [3.63, 3.8) is 0 Å². The lowest BCUT2D eigenvalue weighted by molar-refractivity contribution is -0.123. The van der Waals surface area contributed by atoms with Gasteiger partial charge in [0.05, 0.1) is 6.04 Å². The van der Waals surface area contributed by atoms with Crippen LogP contribution in [0.2, 0.25) is 0 Å². The Bertz CT molecular complexity index is 339. The number of rotatable bonds is 2. The molecule has 4 unspecified atom stereocenters. The third kappa shape index (κ3) is 2.96. The molecule has 0 spiro atoms. The molecule has 4 atom stereocenters. The van der Waals surface area contributed by atoms with Crippen LogP contribution in [0.1, 0.15) is 65.2 Å². The van der Waals surface area contributed by atoms with Crippen LogP contribution >= 0.6 is 0 Å². The van der Waals surface area contributed by atoms with Crippen LogP contribution in [-0.2, 0) is 4.79 Å². The molecule has 19 heavy (non-hydrogen) atoms. The fourth-order valence-corrected chi connectivity index (χ4v) is 4.38. The summed E-state index contributed by atoms with van der Waals surface area (Å²) in [5, 5.41) is 6.86. The van der Waals surface area contributed by atoms with Gasteiger partial charge in [-0.2, -0.15) is 0 Å². The van der Waals surface area contributed by atoms with E-state index in [0.29, 0.717) is 17.5 Å². The van der Waals surface area contributed by atoms with E-state index in [0.717, 1.165) is 25.2 Å². The Labute approximate surface area is 116 Å². The lowest BCUT2D eigenvalue weighted by atomic mass is 9.85. The van der Waals surface area contributed by atoms with Gasteiger partial charge < -0.3 is 10.6 Å². The Balaban J connectivity index is 1.51. The smallest absolute Gasteiger partial charge is 0.237 e. The summed E-state index contributed by atoms with van der Waals surface area (Å²) in [5.74, 6) is 1.02. The van der Waals surface area contributed by atoms with E-state index < -0.39 is 0 Å². The highest BCUT2D eigenvalue weighted by molar-refractivity contribution is 5.82. The van der Waals surface area contributed by atoms with Crippen LogP contribution in [-0.4, -0.2) is 24.0 Å². The van der Waals surface area contributed by atoms with Crippen molar-refractivity contribution in [2.24, 2.45) is 11.3 Å². The second kappa shape index (κ2) is 5.08. The summed E-state index contributed by atoms with van der Waals surface area (Å²) in [6, 6.07) is 1.10. The first kappa shape index (κ1) is 13.4.